The molecule has 0 spiro atoms. The highest BCUT2D eigenvalue weighted by molar-refractivity contribution is 6.15. The molecule has 0 bridgehead atoms. The molecule has 0 N–H and O–H groups in total. The summed E-state index contributed by atoms with van der Waals surface area (Å²) in [5, 5.41) is 0. The van der Waals surface area contributed by atoms with E-state index in [2.05, 4.69) is 11.6 Å². The molecule has 1 aliphatic rings. The van der Waals surface area contributed by atoms with Gasteiger partial charge in [0.15, 0.2) is 5.78 Å². The van der Waals surface area contributed by atoms with Gasteiger partial charge < -0.3 is 4.74 Å². The Hall–Kier alpha value is -2.75. The summed E-state index contributed by atoms with van der Waals surface area (Å²) < 4.78 is 5.05. The molecule has 0 radical (unpaired) electrons. The van der Waals surface area contributed by atoms with Crippen LogP contribution in [0.4, 0.5) is 0 Å². The Bertz CT molecular complexity index is 784. The first-order chi connectivity index (χ1) is 11.6. The van der Waals surface area contributed by atoms with Crippen LogP contribution in [0, 0.1) is 5.41 Å². The Labute approximate surface area is 141 Å². The number of benzene rings is 1. The zero-order valence-corrected chi connectivity index (χ0v) is 13.6. The van der Waals surface area contributed by atoms with E-state index in [0.29, 0.717) is 18.4 Å². The summed E-state index contributed by atoms with van der Waals surface area (Å²) >= 11 is 0. The highest BCUT2D eigenvalue weighted by Gasteiger charge is 2.54. The first-order valence-electron chi connectivity index (χ1n) is 7.88. The molecule has 0 aliphatic heterocycles. The van der Waals surface area contributed by atoms with E-state index >= 15 is 0 Å². The van der Waals surface area contributed by atoms with Crippen LogP contribution in [0.1, 0.15) is 33.8 Å². The first kappa shape index (κ1) is 16.1. The van der Waals surface area contributed by atoms with Gasteiger partial charge in [0.25, 0.3) is 0 Å². The number of allylic oxidation sites excluding steroid dienone is 1. The zero-order chi connectivity index (χ0) is 17.2. The van der Waals surface area contributed by atoms with Gasteiger partial charge in [-0.05, 0) is 30.0 Å². The van der Waals surface area contributed by atoms with Crippen LogP contribution < -0.4 is 0 Å². The van der Waals surface area contributed by atoms with Gasteiger partial charge in [-0.15, -0.1) is 6.58 Å². The number of hydrogen-bond donors (Lipinski definition) is 0. The molecule has 0 fully saturated rings. The topological polar surface area (TPSA) is 56.3 Å². The molecule has 2 aromatic rings. The van der Waals surface area contributed by atoms with Gasteiger partial charge in [-0.1, -0.05) is 36.4 Å². The van der Waals surface area contributed by atoms with Crippen molar-refractivity contribution in [2.45, 2.75) is 18.8 Å². The second kappa shape index (κ2) is 6.40. The molecule has 4 nitrogen and oxygen atoms in total. The maximum Gasteiger partial charge on any atom is 0.320 e. The zero-order valence-electron chi connectivity index (χ0n) is 13.6. The Balaban J connectivity index is 2.18. The summed E-state index contributed by atoms with van der Waals surface area (Å²) in [5.41, 5.74) is 1.04. The van der Waals surface area contributed by atoms with Crippen molar-refractivity contribution < 1.29 is 14.3 Å². The van der Waals surface area contributed by atoms with Gasteiger partial charge in [-0.2, -0.15) is 0 Å². The number of aryl methyl sites for hydroxylation is 1. The van der Waals surface area contributed by atoms with Gasteiger partial charge in [0.2, 0.25) is 0 Å². The molecule has 1 heterocycles. The predicted molar refractivity (Wildman–Crippen MR) is 90.7 cm³/mol. The lowest BCUT2D eigenvalue weighted by molar-refractivity contribution is -0.151. The number of aromatic nitrogens is 1. The first-order valence-corrected chi connectivity index (χ1v) is 7.88. The van der Waals surface area contributed by atoms with Crippen molar-refractivity contribution in [2.24, 2.45) is 5.41 Å². The van der Waals surface area contributed by atoms with E-state index in [4.69, 9.17) is 4.74 Å². The number of esters is 1. The van der Waals surface area contributed by atoms with Crippen LogP contribution >= 0.6 is 0 Å². The molecule has 122 valence electrons. The molecule has 4 heteroatoms. The summed E-state index contributed by atoms with van der Waals surface area (Å²) in [6.45, 7) is 3.88. The van der Waals surface area contributed by atoms with Gasteiger partial charge in [-0.25, -0.2) is 0 Å². The Morgan fingerprint density at radius 3 is 2.79 bits per heavy atom. The number of methoxy groups -OCH3 is 1. The number of rotatable bonds is 4. The quantitative estimate of drug-likeness (QED) is 0.492. The largest absolute Gasteiger partial charge is 0.468 e. The summed E-state index contributed by atoms with van der Waals surface area (Å²) in [6, 6.07) is 11.1. The van der Waals surface area contributed by atoms with Crippen LogP contribution in [0.2, 0.25) is 0 Å². The number of fused-ring (bicyclic) bond motifs is 1. The average Bonchev–Trinajstić information content (AvgIpc) is 2.64. The number of ketones is 1. The van der Waals surface area contributed by atoms with Crippen LogP contribution in [0.25, 0.3) is 0 Å². The van der Waals surface area contributed by atoms with Crippen LogP contribution in [-0.2, 0) is 16.0 Å². The van der Waals surface area contributed by atoms with Crippen LogP contribution in [-0.4, -0.2) is 23.8 Å². The summed E-state index contributed by atoms with van der Waals surface area (Å²) in [4.78, 5) is 30.2. The van der Waals surface area contributed by atoms with E-state index < -0.39 is 17.3 Å². The standard InChI is InChI=1S/C20H19NO3/c1-3-17(15-8-6-12-21-13-15)20(19(23)24-2)11-10-14-7-4-5-9-16(14)18(20)22/h3-9,12-13,17H,1,10-11H2,2H3/t17?,20-/m1/s1. The van der Waals surface area contributed by atoms with Crippen molar-refractivity contribution in [2.75, 3.05) is 7.11 Å². The maximum absolute atomic E-state index is 13.3. The van der Waals surface area contributed by atoms with Gasteiger partial charge in [0.1, 0.15) is 5.41 Å². The second-order valence-electron chi connectivity index (χ2n) is 5.95. The summed E-state index contributed by atoms with van der Waals surface area (Å²) in [5.74, 6) is -1.21. The fourth-order valence-electron chi connectivity index (χ4n) is 3.63. The SMILES string of the molecule is C=CC(c1cccnc1)[C@]1(C(=O)OC)CCc2ccccc2C1=O. The molecule has 1 aromatic carbocycles. The molecule has 0 saturated carbocycles. The Kier molecular flexibility index (Phi) is 4.30. The van der Waals surface area contributed by atoms with Crippen molar-refractivity contribution in [3.63, 3.8) is 0 Å². The number of carbonyl (C=O) groups is 2. The molecule has 1 aromatic heterocycles. The number of Topliss-reactive ketones (excluding diaryl/α,β-unsaturated/α-hetero) is 1. The monoisotopic (exact) mass is 321 g/mol. The fraction of sp³-hybridized carbons (Fsp3) is 0.250. The third-order valence-corrected chi connectivity index (χ3v) is 4.82. The number of hydrogen-bond acceptors (Lipinski definition) is 4. The second-order valence-corrected chi connectivity index (χ2v) is 5.95. The minimum Gasteiger partial charge on any atom is -0.468 e. The molecule has 2 atom stereocenters. The van der Waals surface area contributed by atoms with Crippen molar-refractivity contribution in [3.8, 4) is 0 Å². The van der Waals surface area contributed by atoms with Gasteiger partial charge >= 0.3 is 5.97 Å². The van der Waals surface area contributed by atoms with E-state index in [1.54, 1.807) is 30.6 Å². The lowest BCUT2D eigenvalue weighted by atomic mass is 9.61. The van der Waals surface area contributed by atoms with Crippen molar-refractivity contribution in [1.29, 1.82) is 0 Å². The molecule has 1 aliphatic carbocycles. The highest BCUT2D eigenvalue weighted by atomic mass is 16.5. The van der Waals surface area contributed by atoms with Crippen molar-refractivity contribution in [3.05, 3.63) is 78.1 Å². The fourth-order valence-corrected chi connectivity index (χ4v) is 3.63. The summed E-state index contributed by atoms with van der Waals surface area (Å²) in [7, 11) is 1.32. The molecule has 0 amide bonds. The number of nitrogens with zero attached hydrogens (tertiary/aromatic N) is 1. The molecular formula is C20H19NO3. The van der Waals surface area contributed by atoms with E-state index in [9.17, 15) is 9.59 Å². The summed E-state index contributed by atoms with van der Waals surface area (Å²) in [6.07, 6.45) is 6.01. The Morgan fingerprint density at radius 2 is 2.12 bits per heavy atom. The number of ether oxygens (including phenoxy) is 1. The smallest absolute Gasteiger partial charge is 0.320 e. The lowest BCUT2D eigenvalue weighted by Crippen LogP contribution is -2.47. The normalized spacial score (nSPS) is 20.8. The van der Waals surface area contributed by atoms with E-state index in [-0.39, 0.29) is 5.78 Å². The van der Waals surface area contributed by atoms with Gasteiger partial charge in [0, 0.05) is 23.9 Å². The average molecular weight is 321 g/mol. The Morgan fingerprint density at radius 1 is 1.33 bits per heavy atom. The number of carbonyl (C=O) groups excluding carboxylic acids is 2. The van der Waals surface area contributed by atoms with E-state index in [1.807, 2.05) is 24.3 Å². The molecule has 3 rings (SSSR count). The predicted octanol–water partition coefficient (Wildman–Crippen LogP) is 3.34. The minimum absolute atomic E-state index is 0.204. The minimum atomic E-state index is -1.30. The maximum atomic E-state index is 13.3. The van der Waals surface area contributed by atoms with Crippen LogP contribution in [0.5, 0.6) is 0 Å². The van der Waals surface area contributed by atoms with Crippen molar-refractivity contribution >= 4 is 11.8 Å². The van der Waals surface area contributed by atoms with Gasteiger partial charge in [-0.3, -0.25) is 14.6 Å². The molecular weight excluding hydrogens is 302 g/mol. The van der Waals surface area contributed by atoms with E-state index in [0.717, 1.165) is 11.1 Å². The highest BCUT2D eigenvalue weighted by Crippen LogP contribution is 2.47. The van der Waals surface area contributed by atoms with Gasteiger partial charge in [0.05, 0.1) is 7.11 Å². The number of pyridine rings is 1. The van der Waals surface area contributed by atoms with Crippen LogP contribution in [0.3, 0.4) is 0 Å². The molecule has 0 saturated heterocycles. The third kappa shape index (κ3) is 2.35. The van der Waals surface area contributed by atoms with E-state index in [1.165, 1.54) is 7.11 Å². The van der Waals surface area contributed by atoms with Crippen LogP contribution in [0.15, 0.2) is 61.4 Å². The molecule has 1 unspecified atom stereocenters. The van der Waals surface area contributed by atoms with Crippen molar-refractivity contribution in [1.82, 2.24) is 4.98 Å². The lowest BCUT2D eigenvalue weighted by Gasteiger charge is -2.39. The third-order valence-electron chi connectivity index (χ3n) is 4.82. The molecule has 24 heavy (non-hydrogen) atoms.